The van der Waals surface area contributed by atoms with Crippen molar-refractivity contribution in [1.82, 2.24) is 5.32 Å². The Labute approximate surface area is 111 Å². The van der Waals surface area contributed by atoms with Gasteiger partial charge in [0.2, 0.25) is 5.91 Å². The van der Waals surface area contributed by atoms with E-state index in [9.17, 15) is 14.9 Å². The Balaban J connectivity index is 2.53. The monoisotopic (exact) mass is 267 g/mol. The minimum atomic E-state index is -0.461. The summed E-state index contributed by atoms with van der Waals surface area (Å²) in [6.07, 6.45) is 0. The Morgan fingerprint density at radius 1 is 1.42 bits per heavy atom. The normalized spacial score (nSPS) is 10.0. The summed E-state index contributed by atoms with van der Waals surface area (Å²) in [5.41, 5.74) is 1.31. The number of nitro benzene ring substituents is 1. The van der Waals surface area contributed by atoms with E-state index in [1.165, 1.54) is 12.1 Å². The lowest BCUT2D eigenvalue weighted by atomic mass is 10.2. The van der Waals surface area contributed by atoms with Crippen molar-refractivity contribution in [2.24, 2.45) is 0 Å². The third-order valence-electron chi connectivity index (χ3n) is 2.35. The van der Waals surface area contributed by atoms with Crippen LogP contribution in [0.3, 0.4) is 0 Å². The highest BCUT2D eigenvalue weighted by Gasteiger charge is 2.08. The minimum Gasteiger partial charge on any atom is -0.383 e. The summed E-state index contributed by atoms with van der Waals surface area (Å²) in [7, 11) is 1.55. The molecule has 0 heterocycles. The Hall–Kier alpha value is -2.15. The number of nitrogens with zero attached hydrogens (tertiary/aromatic N) is 1. The first-order valence-electron chi connectivity index (χ1n) is 5.78. The Kier molecular flexibility index (Phi) is 5.74. The topological polar surface area (TPSA) is 93.5 Å². The van der Waals surface area contributed by atoms with Gasteiger partial charge in [-0.1, -0.05) is 0 Å². The lowest BCUT2D eigenvalue weighted by Gasteiger charge is -2.08. The molecule has 1 aromatic carbocycles. The van der Waals surface area contributed by atoms with Gasteiger partial charge in [0, 0.05) is 31.5 Å². The van der Waals surface area contributed by atoms with Crippen molar-refractivity contribution >= 4 is 17.3 Å². The van der Waals surface area contributed by atoms with E-state index in [2.05, 4.69) is 10.6 Å². The number of non-ortho nitro benzene ring substituents is 1. The van der Waals surface area contributed by atoms with Crippen molar-refractivity contribution in [1.29, 1.82) is 0 Å². The smallest absolute Gasteiger partial charge is 0.271 e. The molecule has 0 radical (unpaired) electrons. The molecule has 0 fully saturated rings. The van der Waals surface area contributed by atoms with Gasteiger partial charge >= 0.3 is 0 Å². The molecule has 0 aliphatic heterocycles. The van der Waals surface area contributed by atoms with E-state index in [0.717, 1.165) is 5.56 Å². The molecule has 7 heteroatoms. The van der Waals surface area contributed by atoms with Gasteiger partial charge in [-0.3, -0.25) is 14.9 Å². The van der Waals surface area contributed by atoms with Gasteiger partial charge in [0.05, 0.1) is 18.1 Å². The number of amides is 1. The van der Waals surface area contributed by atoms with Crippen LogP contribution in [0.2, 0.25) is 0 Å². The number of ether oxygens (including phenoxy) is 1. The molecule has 0 aliphatic carbocycles. The maximum atomic E-state index is 11.4. The van der Waals surface area contributed by atoms with Crippen molar-refractivity contribution in [2.45, 2.75) is 6.92 Å². The van der Waals surface area contributed by atoms with Gasteiger partial charge < -0.3 is 15.4 Å². The predicted molar refractivity (Wildman–Crippen MR) is 71.2 cm³/mol. The second kappa shape index (κ2) is 7.32. The Morgan fingerprint density at radius 2 is 2.16 bits per heavy atom. The molecule has 0 aliphatic rings. The molecule has 1 aromatic rings. The van der Waals surface area contributed by atoms with E-state index in [1.807, 2.05) is 0 Å². The maximum Gasteiger partial charge on any atom is 0.271 e. The van der Waals surface area contributed by atoms with Gasteiger partial charge in [-0.05, 0) is 18.6 Å². The molecular weight excluding hydrogens is 250 g/mol. The Morgan fingerprint density at radius 3 is 2.79 bits per heavy atom. The fraction of sp³-hybridized carbons (Fsp3) is 0.417. The molecule has 0 bridgehead atoms. The highest BCUT2D eigenvalue weighted by atomic mass is 16.6. The average Bonchev–Trinajstić information content (AvgIpc) is 2.36. The first-order valence-corrected chi connectivity index (χ1v) is 5.78. The lowest BCUT2D eigenvalue weighted by Crippen LogP contribution is -2.32. The fourth-order valence-corrected chi connectivity index (χ4v) is 1.51. The maximum absolute atomic E-state index is 11.4. The molecule has 19 heavy (non-hydrogen) atoms. The number of methoxy groups -OCH3 is 1. The summed E-state index contributed by atoms with van der Waals surface area (Å²) in [5.74, 6) is -0.193. The van der Waals surface area contributed by atoms with Crippen LogP contribution in [0.4, 0.5) is 11.4 Å². The molecule has 7 nitrogen and oxygen atoms in total. The molecular formula is C12H17N3O4. The third-order valence-corrected chi connectivity index (χ3v) is 2.35. The van der Waals surface area contributed by atoms with Gasteiger partial charge in [0.15, 0.2) is 0 Å². The zero-order chi connectivity index (χ0) is 14.3. The number of aryl methyl sites for hydroxylation is 1. The second-order valence-electron chi connectivity index (χ2n) is 4.01. The summed E-state index contributed by atoms with van der Waals surface area (Å²) >= 11 is 0. The van der Waals surface area contributed by atoms with Crippen LogP contribution in [0.15, 0.2) is 18.2 Å². The van der Waals surface area contributed by atoms with Crippen molar-refractivity contribution in [3.05, 3.63) is 33.9 Å². The quantitative estimate of drug-likeness (QED) is 0.438. The molecule has 0 saturated carbocycles. The molecule has 104 valence electrons. The minimum absolute atomic E-state index is 0.00212. The summed E-state index contributed by atoms with van der Waals surface area (Å²) in [4.78, 5) is 21.7. The summed E-state index contributed by atoms with van der Waals surface area (Å²) < 4.78 is 4.80. The summed E-state index contributed by atoms with van der Waals surface area (Å²) in [6.45, 7) is 2.70. The fourth-order valence-electron chi connectivity index (χ4n) is 1.51. The van der Waals surface area contributed by atoms with E-state index >= 15 is 0 Å². The van der Waals surface area contributed by atoms with Crippen LogP contribution in [0.5, 0.6) is 0 Å². The van der Waals surface area contributed by atoms with Crippen LogP contribution in [0.1, 0.15) is 5.56 Å². The number of carbonyl (C=O) groups excluding carboxylic acids is 1. The van der Waals surface area contributed by atoms with Crippen LogP contribution >= 0.6 is 0 Å². The summed E-state index contributed by atoms with van der Waals surface area (Å²) in [5, 5.41) is 16.2. The summed E-state index contributed by atoms with van der Waals surface area (Å²) in [6, 6.07) is 4.62. The number of carbonyl (C=O) groups is 1. The van der Waals surface area contributed by atoms with Crippen molar-refractivity contribution in [3.8, 4) is 0 Å². The first-order chi connectivity index (χ1) is 9.02. The van der Waals surface area contributed by atoms with E-state index < -0.39 is 4.92 Å². The first kappa shape index (κ1) is 14.9. The standard InChI is InChI=1S/C12H17N3O4/c1-9-5-10(7-11(6-9)15(17)18)14-8-12(16)13-3-4-19-2/h5-7,14H,3-4,8H2,1-2H3,(H,13,16). The van der Waals surface area contributed by atoms with E-state index in [-0.39, 0.29) is 18.1 Å². The SMILES string of the molecule is COCCNC(=O)CNc1cc(C)cc([N+](=O)[O-])c1. The molecule has 0 spiro atoms. The average molecular weight is 267 g/mol. The number of hydrogen-bond acceptors (Lipinski definition) is 5. The van der Waals surface area contributed by atoms with Gasteiger partial charge in [0.1, 0.15) is 0 Å². The van der Waals surface area contributed by atoms with E-state index in [0.29, 0.717) is 18.8 Å². The predicted octanol–water partition coefficient (Wildman–Crippen LogP) is 1.08. The number of hydrogen-bond donors (Lipinski definition) is 2. The third kappa shape index (κ3) is 5.35. The zero-order valence-corrected chi connectivity index (χ0v) is 10.9. The molecule has 0 unspecified atom stereocenters. The molecule has 0 atom stereocenters. The number of anilines is 1. The lowest BCUT2D eigenvalue weighted by molar-refractivity contribution is -0.384. The number of nitro groups is 1. The van der Waals surface area contributed by atoms with Crippen LogP contribution in [0.25, 0.3) is 0 Å². The number of benzene rings is 1. The molecule has 1 amide bonds. The zero-order valence-electron chi connectivity index (χ0n) is 10.9. The van der Waals surface area contributed by atoms with Gasteiger partial charge in [-0.25, -0.2) is 0 Å². The van der Waals surface area contributed by atoms with Crippen molar-refractivity contribution in [3.63, 3.8) is 0 Å². The van der Waals surface area contributed by atoms with Gasteiger partial charge in [0.25, 0.3) is 5.69 Å². The molecule has 0 saturated heterocycles. The molecule has 1 rings (SSSR count). The Bertz CT molecular complexity index is 462. The van der Waals surface area contributed by atoms with Gasteiger partial charge in [-0.2, -0.15) is 0 Å². The number of rotatable bonds is 7. The largest absolute Gasteiger partial charge is 0.383 e. The van der Waals surface area contributed by atoms with Crippen LogP contribution in [-0.4, -0.2) is 37.6 Å². The van der Waals surface area contributed by atoms with Crippen LogP contribution < -0.4 is 10.6 Å². The van der Waals surface area contributed by atoms with Crippen LogP contribution in [0, 0.1) is 17.0 Å². The highest BCUT2D eigenvalue weighted by Crippen LogP contribution is 2.20. The molecule has 0 aromatic heterocycles. The van der Waals surface area contributed by atoms with Gasteiger partial charge in [-0.15, -0.1) is 0 Å². The van der Waals surface area contributed by atoms with Crippen LogP contribution in [-0.2, 0) is 9.53 Å². The molecule has 2 N–H and O–H groups in total. The highest BCUT2D eigenvalue weighted by molar-refractivity contribution is 5.80. The number of nitrogens with one attached hydrogen (secondary N) is 2. The van der Waals surface area contributed by atoms with Crippen molar-refractivity contribution in [2.75, 3.05) is 32.1 Å². The van der Waals surface area contributed by atoms with Crippen molar-refractivity contribution < 1.29 is 14.5 Å². The second-order valence-corrected chi connectivity index (χ2v) is 4.01. The van der Waals surface area contributed by atoms with E-state index in [4.69, 9.17) is 4.74 Å². The van der Waals surface area contributed by atoms with E-state index in [1.54, 1.807) is 20.1 Å².